The monoisotopic (exact) mass is 360 g/mol. The first-order chi connectivity index (χ1) is 12.9. The summed E-state index contributed by atoms with van der Waals surface area (Å²) in [6.07, 6.45) is 5.01. The summed E-state index contributed by atoms with van der Waals surface area (Å²) in [6, 6.07) is 11.8. The standard InChI is InChI=1S/C23H24N2O2/c1-15-6-8-17(9-7-15)25-19-12-23(2,3)13-20(26)22(19)18(11-21(25)27)16-5-4-10-24-14-16/h4-10,14,18H,11-13H2,1-3H3. The van der Waals surface area contributed by atoms with Gasteiger partial charge in [0.05, 0.1) is 0 Å². The molecule has 4 heteroatoms. The number of aromatic nitrogens is 1. The summed E-state index contributed by atoms with van der Waals surface area (Å²) in [4.78, 5) is 32.3. The topological polar surface area (TPSA) is 50.3 Å². The smallest absolute Gasteiger partial charge is 0.232 e. The lowest BCUT2D eigenvalue weighted by Crippen LogP contribution is -2.43. The van der Waals surface area contributed by atoms with Crippen LogP contribution in [0.25, 0.3) is 0 Å². The van der Waals surface area contributed by atoms with Crippen LogP contribution in [-0.4, -0.2) is 16.7 Å². The van der Waals surface area contributed by atoms with Gasteiger partial charge in [0.25, 0.3) is 0 Å². The molecule has 1 aliphatic heterocycles. The molecule has 2 heterocycles. The number of nitrogens with zero attached hydrogens (tertiary/aromatic N) is 2. The van der Waals surface area contributed by atoms with Crippen molar-refractivity contribution in [2.75, 3.05) is 4.90 Å². The highest BCUT2D eigenvalue weighted by Crippen LogP contribution is 2.47. The number of amides is 1. The number of Topliss-reactive ketones (excluding diaryl/α,β-unsaturated/α-hetero) is 1. The number of rotatable bonds is 2. The number of hydrogen-bond donors (Lipinski definition) is 0. The molecule has 0 radical (unpaired) electrons. The van der Waals surface area contributed by atoms with E-state index in [4.69, 9.17) is 0 Å². The van der Waals surface area contributed by atoms with Crippen LogP contribution in [0.15, 0.2) is 60.1 Å². The van der Waals surface area contributed by atoms with Gasteiger partial charge in [-0.2, -0.15) is 0 Å². The minimum atomic E-state index is -0.202. The van der Waals surface area contributed by atoms with Gasteiger partial charge in [0.15, 0.2) is 5.78 Å². The molecule has 1 atom stereocenters. The van der Waals surface area contributed by atoms with Crippen molar-refractivity contribution in [3.05, 3.63) is 71.2 Å². The highest BCUT2D eigenvalue weighted by Gasteiger charge is 2.44. The van der Waals surface area contributed by atoms with E-state index in [1.807, 2.05) is 43.3 Å². The Labute approximate surface area is 159 Å². The number of carbonyl (C=O) groups excluding carboxylic acids is 2. The van der Waals surface area contributed by atoms with E-state index in [2.05, 4.69) is 18.8 Å². The number of aryl methyl sites for hydroxylation is 1. The quantitative estimate of drug-likeness (QED) is 0.789. The number of carbonyl (C=O) groups is 2. The molecule has 2 aliphatic rings. The normalized spacial score (nSPS) is 22.0. The lowest BCUT2D eigenvalue weighted by atomic mass is 9.69. The zero-order chi connectivity index (χ0) is 19.2. The molecule has 0 N–H and O–H groups in total. The van der Waals surface area contributed by atoms with Crippen molar-refractivity contribution < 1.29 is 9.59 Å². The third kappa shape index (κ3) is 3.20. The Kier molecular flexibility index (Phi) is 4.22. The van der Waals surface area contributed by atoms with Gasteiger partial charge in [0.1, 0.15) is 0 Å². The molecular weight excluding hydrogens is 336 g/mol. The largest absolute Gasteiger partial charge is 0.294 e. The molecule has 1 aliphatic carbocycles. The van der Waals surface area contributed by atoms with Gasteiger partial charge in [-0.15, -0.1) is 0 Å². The van der Waals surface area contributed by atoms with Gasteiger partial charge in [-0.05, 0) is 42.5 Å². The van der Waals surface area contributed by atoms with Gasteiger partial charge in [0.2, 0.25) is 5.91 Å². The Morgan fingerprint density at radius 2 is 1.81 bits per heavy atom. The Bertz CT molecular complexity index is 927. The van der Waals surface area contributed by atoms with Crippen LogP contribution < -0.4 is 4.90 Å². The summed E-state index contributed by atoms with van der Waals surface area (Å²) < 4.78 is 0. The minimum Gasteiger partial charge on any atom is -0.294 e. The zero-order valence-corrected chi connectivity index (χ0v) is 16.0. The van der Waals surface area contributed by atoms with Crippen LogP contribution in [-0.2, 0) is 9.59 Å². The van der Waals surface area contributed by atoms with Crippen molar-refractivity contribution in [2.45, 2.75) is 46.0 Å². The molecule has 0 saturated carbocycles. The van der Waals surface area contributed by atoms with E-state index in [9.17, 15) is 9.59 Å². The van der Waals surface area contributed by atoms with Crippen LogP contribution in [0.4, 0.5) is 5.69 Å². The zero-order valence-electron chi connectivity index (χ0n) is 16.0. The molecular formula is C23H24N2O2. The number of pyridine rings is 1. The van der Waals surface area contributed by atoms with E-state index in [-0.39, 0.29) is 23.0 Å². The molecule has 0 saturated heterocycles. The molecule has 4 rings (SSSR count). The lowest BCUT2D eigenvalue weighted by molar-refractivity contribution is -0.121. The molecule has 0 fully saturated rings. The third-order valence-corrected chi connectivity index (χ3v) is 5.52. The molecule has 0 bridgehead atoms. The molecule has 1 amide bonds. The number of ketones is 1. The van der Waals surface area contributed by atoms with Crippen LogP contribution in [0, 0.1) is 12.3 Å². The summed E-state index contributed by atoms with van der Waals surface area (Å²) >= 11 is 0. The van der Waals surface area contributed by atoms with Gasteiger partial charge in [0, 0.05) is 48.1 Å². The molecule has 2 aromatic rings. The fourth-order valence-electron chi connectivity index (χ4n) is 4.28. The number of hydrogen-bond acceptors (Lipinski definition) is 3. The second-order valence-corrected chi connectivity index (χ2v) is 8.41. The van der Waals surface area contributed by atoms with Crippen molar-refractivity contribution in [3.8, 4) is 0 Å². The summed E-state index contributed by atoms with van der Waals surface area (Å²) in [5.74, 6) is -0.0110. The van der Waals surface area contributed by atoms with Gasteiger partial charge in [-0.1, -0.05) is 37.6 Å². The van der Waals surface area contributed by atoms with E-state index in [0.29, 0.717) is 19.3 Å². The Morgan fingerprint density at radius 3 is 2.48 bits per heavy atom. The first-order valence-electron chi connectivity index (χ1n) is 9.41. The Balaban J connectivity index is 1.89. The maximum Gasteiger partial charge on any atom is 0.232 e. The van der Waals surface area contributed by atoms with Crippen LogP contribution in [0.2, 0.25) is 0 Å². The van der Waals surface area contributed by atoms with Crippen LogP contribution in [0.3, 0.4) is 0 Å². The van der Waals surface area contributed by atoms with E-state index < -0.39 is 0 Å². The van der Waals surface area contributed by atoms with E-state index in [1.165, 1.54) is 0 Å². The van der Waals surface area contributed by atoms with Crippen molar-refractivity contribution in [1.82, 2.24) is 4.98 Å². The maximum absolute atomic E-state index is 13.2. The average Bonchev–Trinajstić information content (AvgIpc) is 2.62. The molecule has 1 unspecified atom stereocenters. The van der Waals surface area contributed by atoms with E-state index >= 15 is 0 Å². The molecule has 0 spiro atoms. The summed E-state index contributed by atoms with van der Waals surface area (Å²) in [6.45, 7) is 6.22. The molecule has 27 heavy (non-hydrogen) atoms. The minimum absolute atomic E-state index is 0.0388. The van der Waals surface area contributed by atoms with Gasteiger partial charge < -0.3 is 0 Å². The van der Waals surface area contributed by atoms with Crippen molar-refractivity contribution >= 4 is 17.4 Å². The summed E-state index contributed by atoms with van der Waals surface area (Å²) in [5, 5.41) is 0. The van der Waals surface area contributed by atoms with Crippen molar-refractivity contribution in [1.29, 1.82) is 0 Å². The molecule has 1 aromatic heterocycles. The SMILES string of the molecule is Cc1ccc(N2C(=O)CC(c3cccnc3)C3=C2CC(C)(C)CC3=O)cc1. The predicted octanol–water partition coefficient (Wildman–Crippen LogP) is 4.55. The number of benzene rings is 1. The van der Waals surface area contributed by atoms with E-state index in [0.717, 1.165) is 28.1 Å². The van der Waals surface area contributed by atoms with Crippen molar-refractivity contribution in [2.24, 2.45) is 5.41 Å². The van der Waals surface area contributed by atoms with Gasteiger partial charge in [-0.3, -0.25) is 19.5 Å². The molecule has 4 nitrogen and oxygen atoms in total. The molecule has 1 aromatic carbocycles. The second kappa shape index (κ2) is 6.45. The highest BCUT2D eigenvalue weighted by molar-refractivity contribution is 6.07. The first-order valence-corrected chi connectivity index (χ1v) is 9.41. The summed E-state index contributed by atoms with van der Waals surface area (Å²) in [5.41, 5.74) is 4.43. The summed E-state index contributed by atoms with van der Waals surface area (Å²) in [7, 11) is 0. The van der Waals surface area contributed by atoms with E-state index in [1.54, 1.807) is 17.3 Å². The van der Waals surface area contributed by atoms with Gasteiger partial charge >= 0.3 is 0 Å². The fourth-order valence-corrected chi connectivity index (χ4v) is 4.28. The molecule has 138 valence electrons. The Hall–Kier alpha value is -2.75. The van der Waals surface area contributed by atoms with Crippen LogP contribution in [0.5, 0.6) is 0 Å². The predicted molar refractivity (Wildman–Crippen MR) is 105 cm³/mol. The Morgan fingerprint density at radius 1 is 1.07 bits per heavy atom. The van der Waals surface area contributed by atoms with Gasteiger partial charge in [-0.25, -0.2) is 0 Å². The first kappa shape index (κ1) is 17.7. The van der Waals surface area contributed by atoms with Crippen LogP contribution >= 0.6 is 0 Å². The van der Waals surface area contributed by atoms with Crippen LogP contribution in [0.1, 0.15) is 50.2 Å². The number of allylic oxidation sites excluding steroid dienone is 2. The second-order valence-electron chi connectivity index (χ2n) is 8.41. The average molecular weight is 360 g/mol. The fraction of sp³-hybridized carbons (Fsp3) is 0.348. The highest BCUT2D eigenvalue weighted by atomic mass is 16.2. The maximum atomic E-state index is 13.2. The third-order valence-electron chi connectivity index (χ3n) is 5.52. The lowest BCUT2D eigenvalue weighted by Gasteiger charge is -2.42. The number of anilines is 1. The van der Waals surface area contributed by atoms with Crippen molar-refractivity contribution in [3.63, 3.8) is 0 Å².